The van der Waals surface area contributed by atoms with Crippen LogP contribution in [0.5, 0.6) is 0 Å². The molecule has 0 radical (unpaired) electrons. The number of anilines is 1. The minimum absolute atomic E-state index is 0.0887. The Morgan fingerprint density at radius 3 is 1.67 bits per heavy atom. The van der Waals surface area contributed by atoms with Crippen molar-refractivity contribution in [3.05, 3.63) is 65.2 Å². The van der Waals surface area contributed by atoms with Crippen LogP contribution in [-0.2, 0) is 17.9 Å². The number of urea groups is 1. The standard InChI is InChI=1S/C28H23F15N2O/c29-23(30,26(37,38)27(39,40)28(41,42)43)14-22(16-6-2-1-3-7-16)13-21(8-4-5-9-21)15-45(22)20(46)44-19-11-17(24(31,32)33)10-18(12-19)25(34,35)36/h1-3,6-7,10-12H,4-5,8-9,13-15H2,(H,44,46). The molecule has 2 fully saturated rings. The minimum Gasteiger partial charge on any atom is -0.314 e. The van der Waals surface area contributed by atoms with E-state index in [9.17, 15) is 61.9 Å². The zero-order valence-electron chi connectivity index (χ0n) is 23.1. The molecule has 46 heavy (non-hydrogen) atoms. The van der Waals surface area contributed by atoms with Crippen molar-refractivity contribution in [3.63, 3.8) is 0 Å². The third kappa shape index (κ3) is 6.19. The quantitative estimate of drug-likeness (QED) is 0.301. The fourth-order valence-corrected chi connectivity index (χ4v) is 6.35. The Kier molecular flexibility index (Phi) is 8.59. The third-order valence-electron chi connectivity index (χ3n) is 8.46. The Balaban J connectivity index is 1.87. The van der Waals surface area contributed by atoms with Crippen LogP contribution in [0.15, 0.2) is 48.5 Å². The van der Waals surface area contributed by atoms with Gasteiger partial charge < -0.3 is 10.2 Å². The first kappa shape index (κ1) is 35.5. The molecular formula is C28H23F15N2O. The van der Waals surface area contributed by atoms with Gasteiger partial charge in [-0.1, -0.05) is 43.2 Å². The van der Waals surface area contributed by atoms with E-state index in [1.807, 2.05) is 0 Å². The van der Waals surface area contributed by atoms with Crippen LogP contribution in [-0.4, -0.2) is 41.4 Å². The van der Waals surface area contributed by atoms with Crippen LogP contribution in [0.4, 0.5) is 76.3 Å². The highest BCUT2D eigenvalue weighted by Gasteiger charge is 2.82. The first-order valence-electron chi connectivity index (χ1n) is 13.4. The molecule has 18 heteroatoms. The van der Waals surface area contributed by atoms with E-state index < -0.39 is 95.0 Å². The van der Waals surface area contributed by atoms with Crippen molar-refractivity contribution in [2.75, 3.05) is 11.9 Å². The molecule has 0 aromatic heterocycles. The van der Waals surface area contributed by atoms with E-state index >= 15 is 8.78 Å². The number of likely N-dealkylation sites (tertiary alicyclic amines) is 1. The van der Waals surface area contributed by atoms with Gasteiger partial charge in [0.15, 0.2) is 0 Å². The Labute approximate surface area is 250 Å². The van der Waals surface area contributed by atoms with E-state index in [0.717, 1.165) is 24.3 Å². The van der Waals surface area contributed by atoms with Gasteiger partial charge in [0.1, 0.15) is 0 Å². The monoisotopic (exact) mass is 688 g/mol. The summed E-state index contributed by atoms with van der Waals surface area (Å²) in [7, 11) is 0. The molecule has 1 atom stereocenters. The summed E-state index contributed by atoms with van der Waals surface area (Å²) in [5, 5.41) is 1.75. The van der Waals surface area contributed by atoms with Gasteiger partial charge in [-0.15, -0.1) is 0 Å². The van der Waals surface area contributed by atoms with E-state index in [4.69, 9.17) is 0 Å². The number of rotatable bonds is 6. The number of benzene rings is 2. The van der Waals surface area contributed by atoms with Crippen LogP contribution in [0.1, 0.15) is 55.2 Å². The van der Waals surface area contributed by atoms with Crippen molar-refractivity contribution >= 4 is 11.7 Å². The average molecular weight is 688 g/mol. The molecule has 3 nitrogen and oxygen atoms in total. The molecule has 1 N–H and O–H groups in total. The van der Waals surface area contributed by atoms with Gasteiger partial charge in [0.25, 0.3) is 0 Å². The number of halogens is 15. The molecule has 1 aliphatic carbocycles. The minimum atomic E-state index is -7.25. The van der Waals surface area contributed by atoms with Crippen molar-refractivity contribution in [1.29, 1.82) is 0 Å². The summed E-state index contributed by atoms with van der Waals surface area (Å²) in [5.74, 6) is -20.5. The number of carbonyl (C=O) groups excluding carboxylic acids is 1. The summed E-state index contributed by atoms with van der Waals surface area (Å²) in [6.07, 6.45) is -19.9. The van der Waals surface area contributed by atoms with E-state index in [2.05, 4.69) is 0 Å². The number of alkyl halides is 15. The SMILES string of the molecule is O=C(Nc1cc(C(F)(F)F)cc(C(F)(F)F)c1)N1CC2(CCCC2)CC1(CC(F)(F)C(F)(F)C(F)(F)C(F)(F)F)c1ccccc1. The van der Waals surface area contributed by atoms with Crippen molar-refractivity contribution in [1.82, 2.24) is 4.90 Å². The van der Waals surface area contributed by atoms with Gasteiger partial charge in [-0.2, -0.15) is 65.9 Å². The molecule has 1 spiro atoms. The molecule has 2 amide bonds. The predicted molar refractivity (Wildman–Crippen MR) is 131 cm³/mol. The lowest BCUT2D eigenvalue weighted by molar-refractivity contribution is -0.399. The zero-order chi connectivity index (χ0) is 34.8. The fraction of sp³-hybridized carbons (Fsp3) is 0.536. The van der Waals surface area contributed by atoms with Gasteiger partial charge in [0, 0.05) is 18.7 Å². The zero-order valence-corrected chi connectivity index (χ0v) is 23.1. The first-order valence-corrected chi connectivity index (χ1v) is 13.4. The number of hydrogen-bond acceptors (Lipinski definition) is 1. The van der Waals surface area contributed by atoms with E-state index in [-0.39, 0.29) is 31.0 Å². The normalized spacial score (nSPS) is 21.2. The summed E-state index contributed by atoms with van der Waals surface area (Å²) in [6.45, 7) is -0.615. The first-order chi connectivity index (χ1) is 20.8. The maximum atomic E-state index is 15.4. The summed E-state index contributed by atoms with van der Waals surface area (Å²) in [5.41, 5.74) is -9.27. The Morgan fingerprint density at radius 2 is 1.22 bits per heavy atom. The second-order valence-corrected chi connectivity index (χ2v) is 11.6. The van der Waals surface area contributed by atoms with Gasteiger partial charge in [-0.25, -0.2) is 4.79 Å². The lowest BCUT2D eigenvalue weighted by Crippen LogP contribution is -2.63. The van der Waals surface area contributed by atoms with Crippen molar-refractivity contribution in [2.45, 2.75) is 80.4 Å². The van der Waals surface area contributed by atoms with Crippen LogP contribution in [0.2, 0.25) is 0 Å². The molecule has 1 heterocycles. The van der Waals surface area contributed by atoms with E-state index in [1.54, 1.807) is 5.32 Å². The summed E-state index contributed by atoms with van der Waals surface area (Å²) in [6, 6.07) is 3.88. The highest BCUT2D eigenvalue weighted by Crippen LogP contribution is 2.62. The molecule has 2 aromatic rings. The molecule has 2 aliphatic rings. The van der Waals surface area contributed by atoms with Crippen molar-refractivity contribution in [2.24, 2.45) is 5.41 Å². The fourth-order valence-electron chi connectivity index (χ4n) is 6.35. The highest BCUT2D eigenvalue weighted by molar-refractivity contribution is 5.90. The number of amides is 2. The van der Waals surface area contributed by atoms with Crippen LogP contribution >= 0.6 is 0 Å². The largest absolute Gasteiger partial charge is 0.460 e. The number of nitrogens with zero attached hydrogens (tertiary/aromatic N) is 1. The second kappa shape index (κ2) is 11.1. The lowest BCUT2D eigenvalue weighted by atomic mass is 9.73. The van der Waals surface area contributed by atoms with Gasteiger partial charge >= 0.3 is 42.3 Å². The van der Waals surface area contributed by atoms with Crippen LogP contribution in [0, 0.1) is 5.41 Å². The van der Waals surface area contributed by atoms with Gasteiger partial charge in [0.05, 0.1) is 16.7 Å². The average Bonchev–Trinajstić information content (AvgIpc) is 3.51. The highest BCUT2D eigenvalue weighted by atomic mass is 19.4. The number of carbonyl (C=O) groups is 1. The second-order valence-electron chi connectivity index (χ2n) is 11.6. The van der Waals surface area contributed by atoms with Crippen molar-refractivity contribution in [3.8, 4) is 0 Å². The molecule has 1 unspecified atom stereocenters. The molecule has 256 valence electrons. The molecule has 2 aromatic carbocycles. The maximum Gasteiger partial charge on any atom is 0.460 e. The van der Waals surface area contributed by atoms with Gasteiger partial charge in [-0.05, 0) is 48.4 Å². The molecule has 0 bridgehead atoms. The van der Waals surface area contributed by atoms with Gasteiger partial charge in [-0.3, -0.25) is 0 Å². The Bertz CT molecular complexity index is 1390. The smallest absolute Gasteiger partial charge is 0.314 e. The van der Waals surface area contributed by atoms with E-state index in [1.165, 1.54) is 6.07 Å². The van der Waals surface area contributed by atoms with Crippen LogP contribution in [0.25, 0.3) is 0 Å². The molecule has 1 aliphatic heterocycles. The van der Waals surface area contributed by atoms with Crippen LogP contribution < -0.4 is 5.32 Å². The van der Waals surface area contributed by atoms with Crippen molar-refractivity contribution < 1.29 is 70.7 Å². The number of nitrogens with one attached hydrogen (secondary N) is 1. The number of hydrogen-bond donors (Lipinski definition) is 1. The topological polar surface area (TPSA) is 32.3 Å². The maximum absolute atomic E-state index is 15.4. The van der Waals surface area contributed by atoms with E-state index in [0.29, 0.717) is 17.7 Å². The van der Waals surface area contributed by atoms with Crippen LogP contribution in [0.3, 0.4) is 0 Å². The molecular weight excluding hydrogens is 665 g/mol. The summed E-state index contributed by atoms with van der Waals surface area (Å²) < 4.78 is 207. The Hall–Kier alpha value is -3.34. The summed E-state index contributed by atoms with van der Waals surface area (Å²) in [4.78, 5) is 14.0. The summed E-state index contributed by atoms with van der Waals surface area (Å²) >= 11 is 0. The van der Waals surface area contributed by atoms with Gasteiger partial charge in [0.2, 0.25) is 0 Å². The molecule has 1 saturated carbocycles. The molecule has 4 rings (SSSR count). The third-order valence-corrected chi connectivity index (χ3v) is 8.46. The predicted octanol–water partition coefficient (Wildman–Crippen LogP) is 10.3. The lowest BCUT2D eigenvalue weighted by Gasteiger charge is -2.43. The molecule has 1 saturated heterocycles. The Morgan fingerprint density at radius 1 is 0.717 bits per heavy atom.